The van der Waals surface area contributed by atoms with Crippen molar-refractivity contribution in [2.45, 2.75) is 19.9 Å². The van der Waals surface area contributed by atoms with Gasteiger partial charge in [-0.3, -0.25) is 0 Å². The molecule has 0 amide bonds. The third kappa shape index (κ3) is 2.80. The van der Waals surface area contributed by atoms with Gasteiger partial charge in [-0.15, -0.1) is 11.3 Å². The lowest BCUT2D eigenvalue weighted by molar-refractivity contribution is 0.174. The van der Waals surface area contributed by atoms with Crippen molar-refractivity contribution in [1.82, 2.24) is 9.97 Å². The average Bonchev–Trinajstić information content (AvgIpc) is 3.17. The summed E-state index contributed by atoms with van der Waals surface area (Å²) in [5.41, 5.74) is 1.09. The van der Waals surface area contributed by atoms with Gasteiger partial charge in [0.05, 0.1) is 5.39 Å². The van der Waals surface area contributed by atoms with Crippen molar-refractivity contribution in [1.29, 1.82) is 0 Å². The van der Waals surface area contributed by atoms with E-state index in [9.17, 15) is 0 Å². The Balaban J connectivity index is 1.61. The highest BCUT2D eigenvalue weighted by atomic mass is 35.5. The molecule has 0 fully saturated rings. The Morgan fingerprint density at radius 3 is 2.96 bits per heavy atom. The molecule has 1 aromatic carbocycles. The minimum Gasteiger partial charge on any atom is -0.454 e. The van der Waals surface area contributed by atoms with Gasteiger partial charge in [0.25, 0.3) is 0 Å². The first-order valence-electron chi connectivity index (χ1n) is 7.31. The van der Waals surface area contributed by atoms with E-state index in [0.717, 1.165) is 39.5 Å². The molecule has 1 aliphatic heterocycles. The second kappa shape index (κ2) is 5.86. The van der Waals surface area contributed by atoms with Crippen LogP contribution in [0.5, 0.6) is 11.5 Å². The highest BCUT2D eigenvalue weighted by molar-refractivity contribution is 7.18. The third-order valence-electron chi connectivity index (χ3n) is 3.66. The van der Waals surface area contributed by atoms with Crippen molar-refractivity contribution in [3.63, 3.8) is 0 Å². The SMILES string of the molecule is CCc1cc2c(NCc3ccc4c(c3)OCO4)nc(Cl)nc2s1. The Morgan fingerprint density at radius 2 is 2.09 bits per heavy atom. The lowest BCUT2D eigenvalue weighted by Crippen LogP contribution is -2.02. The fourth-order valence-electron chi connectivity index (χ4n) is 2.49. The molecule has 0 saturated carbocycles. The Hall–Kier alpha value is -2.05. The molecule has 3 aromatic rings. The van der Waals surface area contributed by atoms with Crippen molar-refractivity contribution in [2.75, 3.05) is 12.1 Å². The highest BCUT2D eigenvalue weighted by Gasteiger charge is 2.14. The fourth-order valence-corrected chi connectivity index (χ4v) is 3.68. The summed E-state index contributed by atoms with van der Waals surface area (Å²) in [5.74, 6) is 2.32. The number of ether oxygens (including phenoxy) is 2. The molecule has 3 heterocycles. The molecule has 4 rings (SSSR count). The quantitative estimate of drug-likeness (QED) is 0.715. The van der Waals surface area contributed by atoms with Crippen LogP contribution < -0.4 is 14.8 Å². The molecule has 7 heteroatoms. The number of nitrogens with zero attached hydrogens (tertiary/aromatic N) is 2. The predicted octanol–water partition coefficient (Wildman–Crippen LogP) is 4.25. The number of nitrogens with one attached hydrogen (secondary N) is 1. The summed E-state index contributed by atoms with van der Waals surface area (Å²) in [4.78, 5) is 10.8. The second-order valence-corrected chi connectivity index (χ2v) is 6.62. The molecule has 5 nitrogen and oxygen atoms in total. The molecule has 1 aliphatic rings. The van der Waals surface area contributed by atoms with E-state index in [-0.39, 0.29) is 12.1 Å². The molecule has 0 saturated heterocycles. The average molecular weight is 348 g/mol. The van der Waals surface area contributed by atoms with Gasteiger partial charge in [0.2, 0.25) is 12.1 Å². The van der Waals surface area contributed by atoms with Crippen LogP contribution in [0.3, 0.4) is 0 Å². The topological polar surface area (TPSA) is 56.3 Å². The fraction of sp³-hybridized carbons (Fsp3) is 0.250. The minimum absolute atomic E-state index is 0.259. The molecule has 0 spiro atoms. The number of benzene rings is 1. The van der Waals surface area contributed by atoms with E-state index in [1.165, 1.54) is 4.88 Å². The number of hydrogen-bond donors (Lipinski definition) is 1. The standard InChI is InChI=1S/C16H14ClN3O2S/c1-2-10-6-11-14(19-16(17)20-15(11)23-10)18-7-9-3-4-12-13(5-9)22-8-21-12/h3-6H,2,7-8H2,1H3,(H,18,19,20). The van der Waals surface area contributed by atoms with Gasteiger partial charge in [0.1, 0.15) is 10.6 Å². The Morgan fingerprint density at radius 1 is 1.22 bits per heavy atom. The van der Waals surface area contributed by atoms with Crippen molar-refractivity contribution in [3.8, 4) is 11.5 Å². The van der Waals surface area contributed by atoms with Gasteiger partial charge < -0.3 is 14.8 Å². The highest BCUT2D eigenvalue weighted by Crippen LogP contribution is 2.33. The molecule has 118 valence electrons. The number of halogens is 1. The van der Waals surface area contributed by atoms with E-state index in [4.69, 9.17) is 21.1 Å². The summed E-state index contributed by atoms with van der Waals surface area (Å²) in [7, 11) is 0. The van der Waals surface area contributed by atoms with Gasteiger partial charge >= 0.3 is 0 Å². The number of anilines is 1. The van der Waals surface area contributed by atoms with E-state index in [1.807, 2.05) is 18.2 Å². The van der Waals surface area contributed by atoms with E-state index < -0.39 is 0 Å². The van der Waals surface area contributed by atoms with Crippen LogP contribution in [0.2, 0.25) is 5.28 Å². The Bertz CT molecular complexity index is 881. The first-order chi connectivity index (χ1) is 11.2. The van der Waals surface area contributed by atoms with Crippen LogP contribution in [-0.4, -0.2) is 16.8 Å². The summed E-state index contributed by atoms with van der Waals surface area (Å²) < 4.78 is 10.7. The maximum absolute atomic E-state index is 6.04. The van der Waals surface area contributed by atoms with Crippen molar-refractivity contribution < 1.29 is 9.47 Å². The zero-order valence-corrected chi connectivity index (χ0v) is 14.0. The number of hydrogen-bond acceptors (Lipinski definition) is 6. The second-order valence-electron chi connectivity index (χ2n) is 5.17. The summed E-state index contributed by atoms with van der Waals surface area (Å²) in [5, 5.41) is 4.62. The van der Waals surface area contributed by atoms with Gasteiger partial charge in [0, 0.05) is 11.4 Å². The van der Waals surface area contributed by atoms with E-state index in [0.29, 0.717) is 6.54 Å². The van der Waals surface area contributed by atoms with E-state index in [1.54, 1.807) is 11.3 Å². The van der Waals surface area contributed by atoms with E-state index >= 15 is 0 Å². The molecule has 0 aliphatic carbocycles. The molecule has 0 unspecified atom stereocenters. The van der Waals surface area contributed by atoms with Crippen LogP contribution in [0.4, 0.5) is 5.82 Å². The molecule has 1 N–H and O–H groups in total. The third-order valence-corrected chi connectivity index (χ3v) is 5.00. The lowest BCUT2D eigenvalue weighted by Gasteiger charge is -2.08. The molecule has 0 radical (unpaired) electrons. The number of aryl methyl sites for hydroxylation is 1. The van der Waals surface area contributed by atoms with Crippen LogP contribution in [0, 0.1) is 0 Å². The monoisotopic (exact) mass is 347 g/mol. The maximum Gasteiger partial charge on any atom is 0.231 e. The summed E-state index contributed by atoms with van der Waals surface area (Å²) in [6.45, 7) is 3.03. The lowest BCUT2D eigenvalue weighted by atomic mass is 10.2. The van der Waals surface area contributed by atoms with Crippen molar-refractivity contribution >= 4 is 39.0 Å². The first-order valence-corrected chi connectivity index (χ1v) is 8.50. The summed E-state index contributed by atoms with van der Waals surface area (Å²) >= 11 is 7.69. The van der Waals surface area contributed by atoms with Gasteiger partial charge in [-0.1, -0.05) is 13.0 Å². The van der Waals surface area contributed by atoms with E-state index in [2.05, 4.69) is 28.3 Å². The molecule has 0 atom stereocenters. The molecule has 0 bridgehead atoms. The van der Waals surface area contributed by atoms with Crippen LogP contribution >= 0.6 is 22.9 Å². The molecular weight excluding hydrogens is 334 g/mol. The first kappa shape index (κ1) is 14.5. The van der Waals surface area contributed by atoms with Gasteiger partial charge in [-0.2, -0.15) is 0 Å². The minimum atomic E-state index is 0.259. The van der Waals surface area contributed by atoms with Crippen molar-refractivity contribution in [3.05, 3.63) is 40.0 Å². The number of rotatable bonds is 4. The van der Waals surface area contributed by atoms with Crippen LogP contribution in [0.25, 0.3) is 10.2 Å². The molecule has 2 aromatic heterocycles. The summed E-state index contributed by atoms with van der Waals surface area (Å²) in [6.07, 6.45) is 0.972. The number of aromatic nitrogens is 2. The van der Waals surface area contributed by atoms with Crippen LogP contribution in [0.15, 0.2) is 24.3 Å². The number of thiophene rings is 1. The molecular formula is C16H14ClN3O2S. The van der Waals surface area contributed by atoms with Crippen LogP contribution in [-0.2, 0) is 13.0 Å². The summed E-state index contributed by atoms with van der Waals surface area (Å²) in [6, 6.07) is 8.02. The smallest absolute Gasteiger partial charge is 0.231 e. The van der Waals surface area contributed by atoms with Crippen LogP contribution in [0.1, 0.15) is 17.4 Å². The zero-order chi connectivity index (χ0) is 15.8. The predicted molar refractivity (Wildman–Crippen MR) is 91.7 cm³/mol. The van der Waals surface area contributed by atoms with Gasteiger partial charge in [0.15, 0.2) is 11.5 Å². The maximum atomic E-state index is 6.04. The van der Waals surface area contributed by atoms with Crippen molar-refractivity contribution in [2.24, 2.45) is 0 Å². The largest absolute Gasteiger partial charge is 0.454 e. The zero-order valence-electron chi connectivity index (χ0n) is 12.4. The Labute approximate surface area is 142 Å². The molecule has 23 heavy (non-hydrogen) atoms. The normalized spacial score (nSPS) is 12.8. The van der Waals surface area contributed by atoms with Gasteiger partial charge in [-0.25, -0.2) is 9.97 Å². The Kier molecular flexibility index (Phi) is 3.71. The number of fused-ring (bicyclic) bond motifs is 2. The van der Waals surface area contributed by atoms with Gasteiger partial charge in [-0.05, 0) is 41.8 Å².